The molecule has 156 valence electrons. The molecule has 3 rings (SSSR count). The lowest BCUT2D eigenvalue weighted by Gasteiger charge is -2.28. The average Bonchev–Trinajstić information content (AvgIpc) is 2.74. The third-order valence-electron chi connectivity index (χ3n) is 6.07. The Bertz CT molecular complexity index is 934. The number of hydrogen-bond donors (Lipinski definition) is 2. The van der Waals surface area contributed by atoms with Crippen molar-refractivity contribution in [3.63, 3.8) is 0 Å². The van der Waals surface area contributed by atoms with Crippen molar-refractivity contribution in [2.75, 3.05) is 6.54 Å². The Labute approximate surface area is 169 Å². The number of nitrogens with zero attached hydrogens (tertiary/aromatic N) is 3. The Balaban J connectivity index is 1.74. The Kier molecular flexibility index (Phi) is 6.61. The Hall–Kier alpha value is -2.77. The number of amides is 1. The summed E-state index contributed by atoms with van der Waals surface area (Å²) in [7, 11) is 0. The largest absolute Gasteiger partial charge is 0.481 e. The number of carbonyl (C=O) groups is 2. The van der Waals surface area contributed by atoms with Gasteiger partial charge in [0.1, 0.15) is 11.6 Å². The van der Waals surface area contributed by atoms with Crippen LogP contribution in [0.4, 0.5) is 0 Å². The first-order valence-electron chi connectivity index (χ1n) is 10.3. The summed E-state index contributed by atoms with van der Waals surface area (Å²) in [5.74, 6) is -1.09. The highest BCUT2D eigenvalue weighted by molar-refractivity contribution is 5.81. The molecule has 0 bridgehead atoms. The number of fused-ring (bicyclic) bond motifs is 1. The second-order valence-electron chi connectivity index (χ2n) is 7.99. The highest BCUT2D eigenvalue weighted by atomic mass is 16.4. The smallest absolute Gasteiger partial charge is 0.306 e. The molecule has 1 aliphatic carbocycles. The van der Waals surface area contributed by atoms with Crippen molar-refractivity contribution in [1.82, 2.24) is 20.3 Å². The van der Waals surface area contributed by atoms with E-state index in [1.807, 2.05) is 13.8 Å². The summed E-state index contributed by atoms with van der Waals surface area (Å²) in [5.41, 5.74) is 0.185. The van der Waals surface area contributed by atoms with E-state index in [0.717, 1.165) is 12.8 Å². The van der Waals surface area contributed by atoms with Gasteiger partial charge < -0.3 is 10.4 Å². The summed E-state index contributed by atoms with van der Waals surface area (Å²) in [6, 6.07) is 6.23. The van der Waals surface area contributed by atoms with Crippen LogP contribution in [-0.2, 0) is 9.59 Å². The molecular weight excluding hydrogens is 372 g/mol. The molecule has 1 saturated carbocycles. The van der Waals surface area contributed by atoms with E-state index >= 15 is 0 Å². The molecule has 2 aromatic rings. The lowest BCUT2D eigenvalue weighted by molar-refractivity contribution is -0.143. The topological polar surface area (TPSA) is 114 Å². The van der Waals surface area contributed by atoms with Gasteiger partial charge in [-0.05, 0) is 49.7 Å². The van der Waals surface area contributed by atoms with Crippen LogP contribution in [0.5, 0.6) is 0 Å². The SMILES string of the molecule is CC[C@H](C)[C@H](C(=O)NCC1CCC(C(=O)O)CC1)n1nnc2ccccc2c1=O. The fraction of sp³-hybridized carbons (Fsp3) is 0.571. The Morgan fingerprint density at radius 2 is 1.93 bits per heavy atom. The fourth-order valence-corrected chi connectivity index (χ4v) is 3.98. The minimum atomic E-state index is -0.737. The highest BCUT2D eigenvalue weighted by Gasteiger charge is 2.30. The van der Waals surface area contributed by atoms with Gasteiger partial charge >= 0.3 is 5.97 Å². The molecule has 0 aliphatic heterocycles. The van der Waals surface area contributed by atoms with E-state index in [9.17, 15) is 14.4 Å². The second kappa shape index (κ2) is 9.15. The van der Waals surface area contributed by atoms with Crippen molar-refractivity contribution >= 4 is 22.8 Å². The summed E-state index contributed by atoms with van der Waals surface area (Å²) >= 11 is 0. The van der Waals surface area contributed by atoms with Gasteiger partial charge in [-0.2, -0.15) is 4.68 Å². The number of aromatic nitrogens is 3. The van der Waals surface area contributed by atoms with E-state index in [1.54, 1.807) is 24.3 Å². The summed E-state index contributed by atoms with van der Waals surface area (Å²) < 4.78 is 1.20. The van der Waals surface area contributed by atoms with Gasteiger partial charge in [0.15, 0.2) is 0 Å². The molecular formula is C21H28N4O4. The summed E-state index contributed by atoms with van der Waals surface area (Å²) in [6.45, 7) is 4.37. The third-order valence-corrected chi connectivity index (χ3v) is 6.07. The molecule has 2 N–H and O–H groups in total. The van der Waals surface area contributed by atoms with Crippen molar-refractivity contribution in [3.05, 3.63) is 34.6 Å². The van der Waals surface area contributed by atoms with Crippen LogP contribution >= 0.6 is 0 Å². The molecule has 8 nitrogen and oxygen atoms in total. The number of nitrogens with one attached hydrogen (secondary N) is 1. The van der Waals surface area contributed by atoms with E-state index in [-0.39, 0.29) is 29.2 Å². The van der Waals surface area contributed by atoms with Crippen LogP contribution in [0.1, 0.15) is 52.0 Å². The molecule has 1 aromatic heterocycles. The van der Waals surface area contributed by atoms with Gasteiger partial charge in [-0.1, -0.05) is 37.6 Å². The fourth-order valence-electron chi connectivity index (χ4n) is 3.98. The zero-order valence-electron chi connectivity index (χ0n) is 16.9. The molecule has 0 unspecified atom stereocenters. The monoisotopic (exact) mass is 400 g/mol. The van der Waals surface area contributed by atoms with Crippen LogP contribution in [0, 0.1) is 17.8 Å². The van der Waals surface area contributed by atoms with Gasteiger partial charge in [0.25, 0.3) is 5.56 Å². The van der Waals surface area contributed by atoms with Crippen molar-refractivity contribution in [3.8, 4) is 0 Å². The molecule has 0 radical (unpaired) electrons. The zero-order valence-corrected chi connectivity index (χ0v) is 16.9. The summed E-state index contributed by atoms with van der Waals surface area (Å²) in [6.07, 6.45) is 3.55. The second-order valence-corrected chi connectivity index (χ2v) is 7.99. The lowest BCUT2D eigenvalue weighted by atomic mass is 9.82. The molecule has 1 aromatic carbocycles. The highest BCUT2D eigenvalue weighted by Crippen LogP contribution is 2.28. The molecule has 2 atom stereocenters. The van der Waals surface area contributed by atoms with Crippen LogP contribution in [-0.4, -0.2) is 38.5 Å². The Morgan fingerprint density at radius 1 is 1.24 bits per heavy atom. The number of carbonyl (C=O) groups excluding carboxylic acids is 1. The normalized spacial score (nSPS) is 21.4. The van der Waals surface area contributed by atoms with Crippen molar-refractivity contribution in [1.29, 1.82) is 0 Å². The first-order chi connectivity index (χ1) is 13.9. The van der Waals surface area contributed by atoms with Crippen LogP contribution in [0.25, 0.3) is 10.9 Å². The van der Waals surface area contributed by atoms with E-state index in [1.165, 1.54) is 4.68 Å². The summed E-state index contributed by atoms with van der Waals surface area (Å²) in [4.78, 5) is 37.0. The molecule has 0 spiro atoms. The number of carboxylic acid groups (broad SMARTS) is 1. The zero-order chi connectivity index (χ0) is 21.0. The molecule has 29 heavy (non-hydrogen) atoms. The maximum atomic E-state index is 13.0. The van der Waals surface area contributed by atoms with Crippen LogP contribution < -0.4 is 10.9 Å². The van der Waals surface area contributed by atoms with Gasteiger partial charge in [-0.3, -0.25) is 14.4 Å². The number of rotatable bonds is 7. The van der Waals surface area contributed by atoms with Gasteiger partial charge in [-0.15, -0.1) is 5.10 Å². The number of benzene rings is 1. The maximum Gasteiger partial charge on any atom is 0.306 e. The Morgan fingerprint density at radius 3 is 2.59 bits per heavy atom. The van der Waals surface area contributed by atoms with Gasteiger partial charge in [0.05, 0.1) is 11.3 Å². The molecule has 1 fully saturated rings. The van der Waals surface area contributed by atoms with Crippen molar-refractivity contribution in [2.24, 2.45) is 17.8 Å². The van der Waals surface area contributed by atoms with Gasteiger partial charge in [0.2, 0.25) is 5.91 Å². The number of hydrogen-bond acceptors (Lipinski definition) is 5. The maximum absolute atomic E-state index is 13.0. The molecule has 1 amide bonds. The van der Waals surface area contributed by atoms with Crippen LogP contribution in [0.3, 0.4) is 0 Å². The van der Waals surface area contributed by atoms with E-state index in [2.05, 4.69) is 15.6 Å². The van der Waals surface area contributed by atoms with E-state index in [0.29, 0.717) is 36.7 Å². The molecule has 1 aliphatic rings. The average molecular weight is 400 g/mol. The van der Waals surface area contributed by atoms with Gasteiger partial charge in [0, 0.05) is 6.54 Å². The first-order valence-corrected chi connectivity index (χ1v) is 10.3. The quantitative estimate of drug-likeness (QED) is 0.738. The minimum Gasteiger partial charge on any atom is -0.481 e. The minimum absolute atomic E-state index is 0.0918. The standard InChI is InChI=1S/C21H28N4O4/c1-3-13(2)18(25-20(27)16-6-4-5-7-17(16)23-24-25)19(26)22-12-14-8-10-15(11-9-14)21(28)29/h4-7,13-15,18H,3,8-12H2,1-2H3,(H,22,26)(H,28,29)/t13-,14?,15?,18+/m0/s1. The number of carboxylic acids is 1. The lowest BCUT2D eigenvalue weighted by Crippen LogP contribution is -2.43. The van der Waals surface area contributed by atoms with Gasteiger partial charge in [-0.25, -0.2) is 0 Å². The van der Waals surface area contributed by atoms with Crippen molar-refractivity contribution in [2.45, 2.75) is 52.0 Å². The molecule has 8 heteroatoms. The van der Waals surface area contributed by atoms with Crippen LogP contribution in [0.15, 0.2) is 29.1 Å². The number of aliphatic carboxylic acids is 1. The molecule has 0 saturated heterocycles. The van der Waals surface area contributed by atoms with Crippen LogP contribution in [0.2, 0.25) is 0 Å². The first kappa shape index (κ1) is 21.0. The van der Waals surface area contributed by atoms with E-state index < -0.39 is 12.0 Å². The third kappa shape index (κ3) is 4.63. The predicted octanol–water partition coefficient (Wildman–Crippen LogP) is 2.39. The molecule has 1 heterocycles. The predicted molar refractivity (Wildman–Crippen MR) is 108 cm³/mol. The van der Waals surface area contributed by atoms with Crippen molar-refractivity contribution < 1.29 is 14.7 Å². The van der Waals surface area contributed by atoms with E-state index in [4.69, 9.17) is 5.11 Å². The summed E-state index contributed by atoms with van der Waals surface area (Å²) in [5, 5.41) is 20.7.